The molecule has 2 nitrogen and oxygen atoms in total. The first-order chi connectivity index (χ1) is 23.2. The van der Waals surface area contributed by atoms with Crippen LogP contribution in [0.5, 0.6) is 0 Å². The zero-order chi connectivity index (χ0) is 33.5. The van der Waals surface area contributed by atoms with Gasteiger partial charge in [-0.15, -0.1) is 0 Å². The van der Waals surface area contributed by atoms with Gasteiger partial charge < -0.3 is 9.47 Å². The first-order valence-electron chi connectivity index (χ1n) is 21.2. The van der Waals surface area contributed by atoms with Gasteiger partial charge >= 0.3 is 0 Å². The average Bonchev–Trinajstić information content (AvgIpc) is 3.45. The Bertz CT molecular complexity index is 759. The molecule has 0 radical (unpaired) electrons. The fraction of sp³-hybridized carbons (Fsp3) is 0.822. The molecule has 0 aromatic carbocycles. The first kappa shape index (κ1) is 42.0. The summed E-state index contributed by atoms with van der Waals surface area (Å²) in [5.41, 5.74) is 0. The fourth-order valence-electron chi connectivity index (χ4n) is 7.52. The predicted octanol–water partition coefficient (Wildman–Crippen LogP) is 15.1. The smallest absolute Gasteiger partial charge is 0.169 e. The van der Waals surface area contributed by atoms with Crippen molar-refractivity contribution in [2.45, 2.75) is 231 Å². The van der Waals surface area contributed by atoms with E-state index in [0.29, 0.717) is 12.2 Å². The van der Waals surface area contributed by atoms with E-state index in [1.54, 1.807) is 0 Å². The number of ether oxygens (including phenoxy) is 2. The zero-order valence-corrected chi connectivity index (χ0v) is 31.9. The molecule has 0 N–H and O–H groups in total. The summed E-state index contributed by atoms with van der Waals surface area (Å²) in [5, 5.41) is 0. The maximum atomic E-state index is 6.89. The van der Waals surface area contributed by atoms with Crippen molar-refractivity contribution in [1.82, 2.24) is 0 Å². The van der Waals surface area contributed by atoms with E-state index in [9.17, 15) is 0 Å². The lowest BCUT2D eigenvalue weighted by atomic mass is 9.84. The highest BCUT2D eigenvalue weighted by Gasteiger charge is 2.48. The monoisotopic (exact) mass is 653 g/mol. The topological polar surface area (TPSA) is 18.5 Å². The van der Waals surface area contributed by atoms with Crippen LogP contribution < -0.4 is 0 Å². The van der Waals surface area contributed by atoms with Crippen molar-refractivity contribution in [3.05, 3.63) is 48.6 Å². The van der Waals surface area contributed by atoms with Gasteiger partial charge in [-0.05, 0) is 102 Å². The normalized spacial score (nSPS) is 21.3. The van der Waals surface area contributed by atoms with Gasteiger partial charge in [0.1, 0.15) is 0 Å². The molecule has 47 heavy (non-hydrogen) atoms. The van der Waals surface area contributed by atoms with E-state index in [2.05, 4.69) is 69.4 Å². The highest BCUT2D eigenvalue weighted by molar-refractivity contribution is 4.94. The van der Waals surface area contributed by atoms with Crippen molar-refractivity contribution in [3.8, 4) is 0 Å². The second-order valence-electron chi connectivity index (χ2n) is 15.0. The lowest BCUT2D eigenvalue weighted by molar-refractivity contribution is -0.186. The third-order valence-corrected chi connectivity index (χ3v) is 10.7. The number of allylic oxidation sites excluding steroid dienone is 8. The van der Waals surface area contributed by atoms with Gasteiger partial charge in [0.05, 0.1) is 12.2 Å². The molecule has 0 bridgehead atoms. The summed E-state index contributed by atoms with van der Waals surface area (Å²) >= 11 is 0. The molecule has 1 saturated heterocycles. The molecular formula is C45H80O2. The summed E-state index contributed by atoms with van der Waals surface area (Å²) in [6.07, 6.45) is 58.1. The van der Waals surface area contributed by atoms with Crippen LogP contribution in [-0.4, -0.2) is 18.0 Å². The molecule has 0 aromatic rings. The molecule has 1 aliphatic heterocycles. The van der Waals surface area contributed by atoms with Crippen molar-refractivity contribution in [2.24, 2.45) is 5.92 Å². The number of hydrogen-bond donors (Lipinski definition) is 0. The van der Waals surface area contributed by atoms with Crippen LogP contribution in [0.15, 0.2) is 48.6 Å². The summed E-state index contributed by atoms with van der Waals surface area (Å²) in [4.78, 5) is 0. The Kier molecular flexibility index (Phi) is 26.6. The Hall–Kier alpha value is -1.12. The average molecular weight is 653 g/mol. The molecule has 0 aromatic heterocycles. The van der Waals surface area contributed by atoms with Crippen LogP contribution in [0.1, 0.15) is 213 Å². The van der Waals surface area contributed by atoms with Gasteiger partial charge in [0.15, 0.2) is 5.79 Å². The third-order valence-electron chi connectivity index (χ3n) is 10.7. The summed E-state index contributed by atoms with van der Waals surface area (Å²) in [5.74, 6) is 0.544. The Morgan fingerprint density at radius 2 is 0.851 bits per heavy atom. The van der Waals surface area contributed by atoms with Gasteiger partial charge in [-0.25, -0.2) is 0 Å². The third kappa shape index (κ3) is 21.6. The van der Waals surface area contributed by atoms with Crippen molar-refractivity contribution < 1.29 is 9.47 Å². The van der Waals surface area contributed by atoms with Gasteiger partial charge in [-0.3, -0.25) is 0 Å². The van der Waals surface area contributed by atoms with Crippen molar-refractivity contribution in [3.63, 3.8) is 0 Å². The molecule has 272 valence electrons. The predicted molar refractivity (Wildman–Crippen MR) is 208 cm³/mol. The van der Waals surface area contributed by atoms with Crippen LogP contribution in [-0.2, 0) is 9.47 Å². The Morgan fingerprint density at radius 1 is 0.447 bits per heavy atom. The Balaban J connectivity index is 1.56. The number of unbranched alkanes of at least 4 members (excludes halogenated alkanes) is 18. The minimum atomic E-state index is -0.289. The standard InChI is InChI=1S/C45H80O2/c1-4-7-9-11-13-15-17-19-21-23-25-27-29-31-33-35-39-45(46-43-38-37-42(6-3)41-44(43)47-45)40-36-34-32-30-28-26-24-22-20-18-16-14-12-10-8-5-2/h13-16,19-22,42-44H,4-12,17-18,23-41H2,1-3H3/b15-13-,16-14-,21-19-,22-20-/t42-,43-,44+/m1/s1. The molecule has 1 saturated carbocycles. The molecular weight excluding hydrogens is 572 g/mol. The van der Waals surface area contributed by atoms with Crippen molar-refractivity contribution in [2.75, 3.05) is 0 Å². The summed E-state index contributed by atoms with van der Waals surface area (Å²) in [7, 11) is 0. The Morgan fingerprint density at radius 3 is 1.30 bits per heavy atom. The van der Waals surface area contributed by atoms with Gasteiger partial charge in [0.25, 0.3) is 0 Å². The summed E-state index contributed by atoms with van der Waals surface area (Å²) in [6, 6.07) is 0. The van der Waals surface area contributed by atoms with Gasteiger partial charge in [0.2, 0.25) is 0 Å². The Labute approximate surface area is 294 Å². The van der Waals surface area contributed by atoms with Gasteiger partial charge in [-0.1, -0.05) is 153 Å². The van der Waals surface area contributed by atoms with E-state index in [4.69, 9.17) is 9.47 Å². The second-order valence-corrected chi connectivity index (χ2v) is 15.0. The molecule has 2 rings (SSSR count). The molecule has 0 spiro atoms. The van der Waals surface area contributed by atoms with Crippen LogP contribution in [0.4, 0.5) is 0 Å². The van der Waals surface area contributed by atoms with E-state index in [-0.39, 0.29) is 5.79 Å². The minimum Gasteiger partial charge on any atom is -0.344 e. The van der Waals surface area contributed by atoms with Crippen molar-refractivity contribution in [1.29, 1.82) is 0 Å². The van der Waals surface area contributed by atoms with E-state index in [0.717, 1.165) is 31.6 Å². The molecule has 3 atom stereocenters. The molecule has 1 heterocycles. The molecule has 2 aliphatic rings. The highest BCUT2D eigenvalue weighted by Crippen LogP contribution is 2.44. The minimum absolute atomic E-state index is 0.289. The maximum Gasteiger partial charge on any atom is 0.169 e. The summed E-state index contributed by atoms with van der Waals surface area (Å²) in [6.45, 7) is 6.89. The molecule has 2 fully saturated rings. The van der Waals surface area contributed by atoms with E-state index >= 15 is 0 Å². The first-order valence-corrected chi connectivity index (χ1v) is 21.2. The number of fused-ring (bicyclic) bond motifs is 1. The fourth-order valence-corrected chi connectivity index (χ4v) is 7.52. The molecule has 0 unspecified atom stereocenters. The van der Waals surface area contributed by atoms with Crippen LogP contribution in [0, 0.1) is 5.92 Å². The zero-order valence-electron chi connectivity index (χ0n) is 31.9. The SMILES string of the molecule is CCCCC/C=C\C/C=C\CCCCCCCCC1(CCCCCCCC/C=C\C/C=C\CCCCC)O[C@H]2C[C@H](CC)CC[C@H]2O1. The lowest BCUT2D eigenvalue weighted by Crippen LogP contribution is -2.31. The molecule has 0 amide bonds. The lowest BCUT2D eigenvalue weighted by Gasteiger charge is -2.29. The van der Waals surface area contributed by atoms with Gasteiger partial charge in [0, 0.05) is 12.8 Å². The van der Waals surface area contributed by atoms with Gasteiger partial charge in [-0.2, -0.15) is 0 Å². The van der Waals surface area contributed by atoms with E-state index < -0.39 is 0 Å². The quantitative estimate of drug-likeness (QED) is 0.0548. The molecule has 1 aliphatic carbocycles. The number of hydrogen-bond acceptors (Lipinski definition) is 2. The summed E-state index contributed by atoms with van der Waals surface area (Å²) < 4.78 is 13.7. The van der Waals surface area contributed by atoms with E-state index in [1.807, 2.05) is 0 Å². The van der Waals surface area contributed by atoms with Crippen LogP contribution in [0.3, 0.4) is 0 Å². The van der Waals surface area contributed by atoms with Crippen LogP contribution in [0.2, 0.25) is 0 Å². The highest BCUT2D eigenvalue weighted by atomic mass is 16.8. The van der Waals surface area contributed by atoms with Crippen LogP contribution >= 0.6 is 0 Å². The van der Waals surface area contributed by atoms with E-state index in [1.165, 1.54) is 167 Å². The van der Waals surface area contributed by atoms with Crippen LogP contribution in [0.25, 0.3) is 0 Å². The molecule has 2 heteroatoms. The second kappa shape index (κ2) is 29.8. The number of rotatable bonds is 31. The maximum absolute atomic E-state index is 6.89. The van der Waals surface area contributed by atoms with Crippen molar-refractivity contribution >= 4 is 0 Å². The largest absolute Gasteiger partial charge is 0.344 e.